The average molecular weight is 240 g/mol. The third kappa shape index (κ3) is 4.97. The second-order valence-electron chi connectivity index (χ2n) is 2.78. The van der Waals surface area contributed by atoms with Crippen LogP contribution in [0.3, 0.4) is 0 Å². The molecule has 0 aliphatic heterocycles. The van der Waals surface area contributed by atoms with Crippen molar-refractivity contribution >= 4 is 28.2 Å². The molecule has 0 radical (unpaired) electrons. The molecule has 0 saturated carbocycles. The van der Waals surface area contributed by atoms with Crippen molar-refractivity contribution in [3.8, 4) is 0 Å². The van der Waals surface area contributed by atoms with Crippen LogP contribution in [0.25, 0.3) is 4.85 Å². The number of nitrogen functional groups attached to an aromatic ring is 1. The Kier molecular flexibility index (Phi) is 5.59. The smallest absolute Gasteiger partial charge is 0.297 e. The molecular formula is C9H12N4O2S. The summed E-state index contributed by atoms with van der Waals surface area (Å²) in [4.78, 5) is 23.9. The summed E-state index contributed by atoms with van der Waals surface area (Å²) in [5.41, 5.74) is 15.5. The lowest BCUT2D eigenvalue weighted by molar-refractivity contribution is -0.116. The molecule has 1 aromatic rings. The first-order valence-corrected chi connectivity index (χ1v) is 4.97. The van der Waals surface area contributed by atoms with Crippen molar-refractivity contribution in [1.29, 1.82) is 0 Å². The van der Waals surface area contributed by atoms with Gasteiger partial charge in [0.1, 0.15) is 0 Å². The van der Waals surface area contributed by atoms with Gasteiger partial charge in [-0.1, -0.05) is 0 Å². The largest absolute Gasteiger partial charge is 0.390 e. The number of hydrogen-bond acceptors (Lipinski definition) is 4. The number of carbonyl (C=O) groups is 2. The molecular weight excluding hydrogens is 228 g/mol. The van der Waals surface area contributed by atoms with Crippen molar-refractivity contribution in [2.24, 2.45) is 11.5 Å². The molecule has 0 saturated heterocycles. The van der Waals surface area contributed by atoms with Crippen molar-refractivity contribution in [3.63, 3.8) is 0 Å². The number of amides is 2. The summed E-state index contributed by atoms with van der Waals surface area (Å²) < 4.78 is 0. The number of nitrogens with zero attached hydrogens (tertiary/aromatic N) is 1. The first kappa shape index (κ1) is 13.9. The Bertz CT molecular complexity index is 433. The van der Waals surface area contributed by atoms with Crippen molar-refractivity contribution in [2.45, 2.75) is 6.92 Å². The van der Waals surface area contributed by atoms with Gasteiger partial charge in [-0.3, -0.25) is 9.59 Å². The number of aryl methyl sites for hydroxylation is 1. The number of primary amides is 2. The summed E-state index contributed by atoms with van der Waals surface area (Å²) in [5.74, 6) is -1.02. The maximum atomic E-state index is 10.6. The van der Waals surface area contributed by atoms with Gasteiger partial charge in [-0.05, 0) is 13.0 Å². The van der Waals surface area contributed by atoms with E-state index < -0.39 is 11.8 Å². The van der Waals surface area contributed by atoms with Crippen LogP contribution in [0.2, 0.25) is 0 Å². The molecule has 0 unspecified atom stereocenters. The first-order valence-electron chi connectivity index (χ1n) is 4.15. The number of rotatable bonds is 2. The van der Waals surface area contributed by atoms with Crippen LogP contribution >= 0.6 is 11.3 Å². The highest BCUT2D eigenvalue weighted by Crippen LogP contribution is 2.22. The van der Waals surface area contributed by atoms with E-state index in [0.717, 1.165) is 4.88 Å². The maximum Gasteiger partial charge on any atom is 0.297 e. The van der Waals surface area contributed by atoms with Gasteiger partial charge in [-0.15, -0.1) is 11.3 Å². The summed E-state index contributed by atoms with van der Waals surface area (Å²) in [7, 11) is 0. The SMILES string of the molecule is Cc1cc(C(N)=O)c(N)s1.[C-]#[N+]CC(N)=O. The Morgan fingerprint density at radius 2 is 2.06 bits per heavy atom. The fourth-order valence-corrected chi connectivity index (χ4v) is 1.60. The molecule has 1 aromatic heterocycles. The Labute approximate surface area is 96.8 Å². The first-order chi connectivity index (χ1) is 7.38. The zero-order valence-electron chi connectivity index (χ0n) is 8.69. The van der Waals surface area contributed by atoms with Gasteiger partial charge >= 0.3 is 0 Å². The van der Waals surface area contributed by atoms with Crippen LogP contribution in [0.5, 0.6) is 0 Å². The minimum atomic E-state index is -0.565. The van der Waals surface area contributed by atoms with Crippen molar-refractivity contribution < 1.29 is 9.59 Å². The van der Waals surface area contributed by atoms with Gasteiger partial charge in [0.05, 0.1) is 10.6 Å². The van der Waals surface area contributed by atoms with E-state index in [2.05, 4.69) is 10.6 Å². The number of carbonyl (C=O) groups excluding carboxylic acids is 2. The molecule has 0 atom stereocenters. The molecule has 7 heteroatoms. The third-order valence-electron chi connectivity index (χ3n) is 1.38. The molecule has 0 fully saturated rings. The predicted octanol–water partition coefficient (Wildman–Crippen LogP) is 0.129. The zero-order chi connectivity index (χ0) is 12.7. The molecule has 6 nitrogen and oxygen atoms in total. The van der Waals surface area contributed by atoms with Crippen molar-refractivity contribution in [2.75, 3.05) is 12.3 Å². The molecule has 16 heavy (non-hydrogen) atoms. The fourth-order valence-electron chi connectivity index (χ4n) is 0.803. The van der Waals surface area contributed by atoms with E-state index in [-0.39, 0.29) is 6.54 Å². The van der Waals surface area contributed by atoms with Gasteiger partial charge in [0.25, 0.3) is 18.4 Å². The van der Waals surface area contributed by atoms with Gasteiger partial charge < -0.3 is 22.0 Å². The second-order valence-corrected chi connectivity index (χ2v) is 4.07. The lowest BCUT2D eigenvalue weighted by atomic mass is 10.3. The van der Waals surface area contributed by atoms with E-state index in [4.69, 9.17) is 18.0 Å². The van der Waals surface area contributed by atoms with Crippen LogP contribution in [0.1, 0.15) is 15.2 Å². The van der Waals surface area contributed by atoms with Crippen LogP contribution in [-0.2, 0) is 4.79 Å². The normalized spacial score (nSPS) is 8.50. The quantitative estimate of drug-likeness (QED) is 0.638. The van der Waals surface area contributed by atoms with Crippen molar-refractivity contribution in [3.05, 3.63) is 27.9 Å². The second kappa shape index (κ2) is 6.42. The number of thiophene rings is 1. The molecule has 86 valence electrons. The topological polar surface area (TPSA) is 117 Å². The van der Waals surface area contributed by atoms with Crippen LogP contribution in [0.15, 0.2) is 6.07 Å². The molecule has 2 amide bonds. The summed E-state index contributed by atoms with van der Waals surface area (Å²) in [6.07, 6.45) is 0. The Morgan fingerprint density at radius 1 is 1.50 bits per heavy atom. The van der Waals surface area contributed by atoms with E-state index in [9.17, 15) is 9.59 Å². The van der Waals surface area contributed by atoms with Gasteiger partial charge in [0.15, 0.2) is 0 Å². The van der Waals surface area contributed by atoms with Crippen molar-refractivity contribution in [1.82, 2.24) is 0 Å². The summed E-state index contributed by atoms with van der Waals surface area (Å²) in [6.45, 7) is 7.75. The standard InChI is InChI=1S/C6H8N2OS.C3H4N2O/c1-3-2-4(5(7)9)6(8)10-3;1-5-2-3(4)6/h2H,8H2,1H3,(H2,7,9);2H2,(H2,4,6). The summed E-state index contributed by atoms with van der Waals surface area (Å²) in [6, 6.07) is 1.70. The summed E-state index contributed by atoms with van der Waals surface area (Å²) >= 11 is 1.37. The molecule has 0 aliphatic carbocycles. The number of hydrogen-bond donors (Lipinski definition) is 3. The lowest BCUT2D eigenvalue weighted by Crippen LogP contribution is -2.12. The maximum absolute atomic E-state index is 10.6. The molecule has 0 bridgehead atoms. The van der Waals surface area contributed by atoms with Crippen LogP contribution in [0, 0.1) is 13.5 Å². The van der Waals surface area contributed by atoms with Crippen LogP contribution in [0.4, 0.5) is 5.00 Å². The summed E-state index contributed by atoms with van der Waals surface area (Å²) in [5, 5.41) is 0.505. The van der Waals surface area contributed by atoms with Gasteiger partial charge in [0, 0.05) is 4.88 Å². The predicted molar refractivity (Wildman–Crippen MR) is 62.6 cm³/mol. The monoisotopic (exact) mass is 240 g/mol. The fraction of sp³-hybridized carbons (Fsp3) is 0.222. The number of anilines is 1. The molecule has 1 rings (SSSR count). The highest BCUT2D eigenvalue weighted by molar-refractivity contribution is 7.16. The van der Waals surface area contributed by atoms with E-state index in [0.29, 0.717) is 10.6 Å². The van der Waals surface area contributed by atoms with Gasteiger partial charge in [-0.2, -0.15) is 0 Å². The molecule has 0 aromatic carbocycles. The zero-order valence-corrected chi connectivity index (χ0v) is 9.50. The average Bonchev–Trinajstić information content (AvgIpc) is 2.46. The molecule has 0 spiro atoms. The molecule has 0 aliphatic rings. The lowest BCUT2D eigenvalue weighted by Gasteiger charge is -1.88. The Balaban J connectivity index is 0.000000325. The Hall–Kier alpha value is -2.07. The molecule has 6 N–H and O–H groups in total. The van der Waals surface area contributed by atoms with E-state index >= 15 is 0 Å². The van der Waals surface area contributed by atoms with Gasteiger partial charge in [0.2, 0.25) is 0 Å². The highest BCUT2D eigenvalue weighted by Gasteiger charge is 2.07. The minimum Gasteiger partial charge on any atom is -0.390 e. The van der Waals surface area contributed by atoms with Crippen LogP contribution < -0.4 is 17.2 Å². The van der Waals surface area contributed by atoms with E-state index in [1.54, 1.807) is 6.07 Å². The minimum absolute atomic E-state index is 0.194. The Morgan fingerprint density at radius 3 is 2.19 bits per heavy atom. The molecule has 1 heterocycles. The van der Waals surface area contributed by atoms with E-state index in [1.165, 1.54) is 11.3 Å². The van der Waals surface area contributed by atoms with E-state index in [1.807, 2.05) is 6.92 Å². The third-order valence-corrected chi connectivity index (χ3v) is 2.26. The van der Waals surface area contributed by atoms with Gasteiger partial charge in [-0.25, -0.2) is 6.57 Å². The van der Waals surface area contributed by atoms with Crippen LogP contribution in [-0.4, -0.2) is 18.4 Å². The highest BCUT2D eigenvalue weighted by atomic mass is 32.1. The number of nitrogens with two attached hydrogens (primary N) is 3.